The Morgan fingerprint density at radius 2 is 1.85 bits per heavy atom. The number of anilines is 1. The van der Waals surface area contributed by atoms with Crippen LogP contribution in [0.2, 0.25) is 0 Å². The standard InChI is InChI=1S/C24H24F5N9O2/c25-15-3-4-17(16(26)12-15)34-8-5-33(6-9-34)7-10-35-22-32-21-20(38(22)37(23(35)39)13-24(27,28)29)19(31-14-36(21)30)18-2-1-11-40-18/h1-4,11-12,14,22H,5-10,13,30H2. The van der Waals surface area contributed by atoms with Crippen molar-refractivity contribution in [3.05, 3.63) is 59.7 Å². The number of hydrogen-bond acceptors (Lipinski definition) is 9. The number of nitrogens with zero attached hydrogens (tertiary/aromatic N) is 8. The van der Waals surface area contributed by atoms with Crippen LogP contribution in [0.5, 0.6) is 0 Å². The number of nitrogens with two attached hydrogens (primary N) is 1. The van der Waals surface area contributed by atoms with Crippen molar-refractivity contribution in [3.63, 3.8) is 0 Å². The first-order chi connectivity index (χ1) is 19.1. The van der Waals surface area contributed by atoms with E-state index in [2.05, 4.69) is 9.98 Å². The van der Waals surface area contributed by atoms with Gasteiger partial charge in [0.05, 0.1) is 12.0 Å². The molecule has 0 saturated carbocycles. The van der Waals surface area contributed by atoms with Gasteiger partial charge in [0.2, 0.25) is 6.29 Å². The molecule has 2 saturated heterocycles. The van der Waals surface area contributed by atoms with Gasteiger partial charge in [-0.05, 0) is 24.3 Å². The lowest BCUT2D eigenvalue weighted by molar-refractivity contribution is -0.158. The Kier molecular flexibility index (Phi) is 6.37. The summed E-state index contributed by atoms with van der Waals surface area (Å²) in [5, 5.41) is 2.85. The number of amidine groups is 1. The molecule has 5 heterocycles. The largest absolute Gasteiger partial charge is 0.463 e. The Hall–Kier alpha value is -4.18. The van der Waals surface area contributed by atoms with E-state index in [0.29, 0.717) is 43.4 Å². The summed E-state index contributed by atoms with van der Waals surface area (Å²) in [7, 11) is 0. The molecule has 2 aromatic rings. The van der Waals surface area contributed by atoms with Gasteiger partial charge in [0.1, 0.15) is 35.9 Å². The van der Waals surface area contributed by atoms with Crippen molar-refractivity contribution >= 4 is 29.6 Å². The second-order valence-corrected chi connectivity index (χ2v) is 9.54. The molecule has 16 heteroatoms. The minimum absolute atomic E-state index is 0.0742. The smallest absolute Gasteiger partial charge is 0.408 e. The maximum absolute atomic E-state index is 14.2. The number of furan rings is 1. The van der Waals surface area contributed by atoms with Crippen molar-refractivity contribution < 1.29 is 31.2 Å². The fourth-order valence-electron chi connectivity index (χ4n) is 5.19. The molecule has 11 nitrogen and oxygen atoms in total. The zero-order valence-corrected chi connectivity index (χ0v) is 20.9. The Morgan fingerprint density at radius 1 is 1.07 bits per heavy atom. The molecular weight excluding hydrogens is 541 g/mol. The number of hydrogen-bond donors (Lipinski definition) is 1. The van der Waals surface area contributed by atoms with Crippen molar-refractivity contribution in [1.82, 2.24) is 24.8 Å². The molecule has 1 unspecified atom stereocenters. The van der Waals surface area contributed by atoms with E-state index in [-0.39, 0.29) is 29.5 Å². The van der Waals surface area contributed by atoms with E-state index in [0.717, 1.165) is 16.1 Å². The number of rotatable bonds is 6. The number of aliphatic imine (C=N–C) groups is 2. The minimum atomic E-state index is -4.68. The fraction of sp³-hybridized carbons (Fsp3) is 0.375. The van der Waals surface area contributed by atoms with Gasteiger partial charge in [-0.1, -0.05) is 0 Å². The summed E-state index contributed by atoms with van der Waals surface area (Å²) in [4.78, 5) is 27.1. The Bertz CT molecular complexity index is 1390. The van der Waals surface area contributed by atoms with Gasteiger partial charge in [0.25, 0.3) is 0 Å². The lowest BCUT2D eigenvalue weighted by Crippen LogP contribution is -2.50. The molecule has 40 heavy (non-hydrogen) atoms. The van der Waals surface area contributed by atoms with E-state index in [1.807, 2.05) is 4.90 Å². The molecule has 0 aliphatic carbocycles. The lowest BCUT2D eigenvalue weighted by atomic mass is 10.2. The van der Waals surface area contributed by atoms with Gasteiger partial charge in [0.15, 0.2) is 11.6 Å². The SMILES string of the molecule is NN1C=NC(c2ccco2)=C2C1=NC1N(CCN3CCN(c4ccc(F)cc4F)CC3)C(=O)N(CC(F)(F)F)N21. The van der Waals surface area contributed by atoms with E-state index in [4.69, 9.17) is 10.3 Å². The van der Waals surface area contributed by atoms with Crippen LogP contribution >= 0.6 is 0 Å². The Morgan fingerprint density at radius 3 is 2.52 bits per heavy atom. The van der Waals surface area contributed by atoms with Crippen LogP contribution in [0.3, 0.4) is 0 Å². The molecule has 0 radical (unpaired) electrons. The summed E-state index contributed by atoms with van der Waals surface area (Å²) in [6.07, 6.45) is -3.12. The van der Waals surface area contributed by atoms with Crippen molar-refractivity contribution in [3.8, 4) is 0 Å². The first-order valence-corrected chi connectivity index (χ1v) is 12.4. The van der Waals surface area contributed by atoms with Crippen LogP contribution < -0.4 is 10.7 Å². The number of carbonyl (C=O) groups is 1. The second-order valence-electron chi connectivity index (χ2n) is 9.54. The third-order valence-corrected chi connectivity index (χ3v) is 7.05. The lowest BCUT2D eigenvalue weighted by Gasteiger charge is -2.36. The van der Waals surface area contributed by atoms with Crippen molar-refractivity contribution in [2.75, 3.05) is 50.7 Å². The predicted octanol–water partition coefficient (Wildman–Crippen LogP) is 2.48. The van der Waals surface area contributed by atoms with Gasteiger partial charge in [-0.15, -0.1) is 0 Å². The zero-order chi connectivity index (χ0) is 28.2. The van der Waals surface area contributed by atoms with E-state index in [1.165, 1.54) is 29.6 Å². The number of piperazine rings is 1. The molecule has 1 atom stereocenters. The average molecular weight is 566 g/mol. The van der Waals surface area contributed by atoms with Crippen LogP contribution in [0.15, 0.2) is 56.7 Å². The third-order valence-electron chi connectivity index (χ3n) is 7.05. The van der Waals surface area contributed by atoms with Crippen LogP contribution in [-0.2, 0) is 0 Å². The highest BCUT2D eigenvalue weighted by molar-refractivity contribution is 6.12. The molecule has 2 amide bonds. The number of benzene rings is 1. The van der Waals surface area contributed by atoms with Gasteiger partial charge in [-0.3, -0.25) is 9.80 Å². The van der Waals surface area contributed by atoms with Crippen molar-refractivity contribution in [2.24, 2.45) is 15.8 Å². The summed E-state index contributed by atoms with van der Waals surface area (Å²) < 4.78 is 73.7. The number of carbonyl (C=O) groups excluding carboxylic acids is 1. The quantitative estimate of drug-likeness (QED) is 0.425. The van der Waals surface area contributed by atoms with Gasteiger partial charge in [-0.2, -0.15) is 13.2 Å². The maximum atomic E-state index is 14.2. The molecular formula is C24H24F5N9O2. The molecule has 4 aliphatic heterocycles. The molecule has 1 aromatic carbocycles. The highest BCUT2D eigenvalue weighted by Crippen LogP contribution is 2.40. The number of hydrazine groups is 2. The summed E-state index contributed by atoms with van der Waals surface area (Å²) in [6.45, 7) is 0.796. The first-order valence-electron chi connectivity index (χ1n) is 12.4. The number of alkyl halides is 3. The number of fused-ring (bicyclic) bond motifs is 3. The Labute approximate surface area is 224 Å². The van der Waals surface area contributed by atoms with Crippen LogP contribution in [0, 0.1) is 11.6 Å². The number of halogens is 5. The molecule has 6 rings (SSSR count). The topological polar surface area (TPSA) is 100 Å². The number of urea groups is 1. The highest BCUT2D eigenvalue weighted by atomic mass is 19.4. The normalized spacial score (nSPS) is 21.6. The first kappa shape index (κ1) is 26.1. The summed E-state index contributed by atoms with van der Waals surface area (Å²) in [5.41, 5.74) is 0.617. The highest BCUT2D eigenvalue weighted by Gasteiger charge is 2.55. The zero-order valence-electron chi connectivity index (χ0n) is 20.9. The van der Waals surface area contributed by atoms with Crippen molar-refractivity contribution in [1.29, 1.82) is 0 Å². The fourth-order valence-corrected chi connectivity index (χ4v) is 5.19. The van der Waals surface area contributed by atoms with Crippen LogP contribution in [0.25, 0.3) is 5.70 Å². The molecule has 212 valence electrons. The van der Waals surface area contributed by atoms with E-state index in [1.54, 1.807) is 17.0 Å². The van der Waals surface area contributed by atoms with Crippen LogP contribution in [0.4, 0.5) is 32.4 Å². The molecule has 4 aliphatic rings. The van der Waals surface area contributed by atoms with E-state index in [9.17, 15) is 26.7 Å². The third kappa shape index (κ3) is 4.62. The minimum Gasteiger partial charge on any atom is -0.463 e. The molecule has 2 N–H and O–H groups in total. The second kappa shape index (κ2) is 9.78. The van der Waals surface area contributed by atoms with Gasteiger partial charge >= 0.3 is 12.2 Å². The maximum Gasteiger partial charge on any atom is 0.408 e. The molecule has 0 bridgehead atoms. The van der Waals surface area contributed by atoms with Crippen molar-refractivity contribution in [2.45, 2.75) is 12.5 Å². The predicted molar refractivity (Wildman–Crippen MR) is 133 cm³/mol. The monoisotopic (exact) mass is 565 g/mol. The van der Waals surface area contributed by atoms with Crippen LogP contribution in [-0.4, -0.2) is 101 Å². The number of amides is 2. The molecule has 0 spiro atoms. The van der Waals surface area contributed by atoms with Gasteiger partial charge in [0, 0.05) is 45.3 Å². The summed E-state index contributed by atoms with van der Waals surface area (Å²) in [5.74, 6) is 5.14. The summed E-state index contributed by atoms with van der Waals surface area (Å²) in [6, 6.07) is 5.76. The Balaban J connectivity index is 1.21. The van der Waals surface area contributed by atoms with Crippen LogP contribution in [0.1, 0.15) is 5.76 Å². The average Bonchev–Trinajstić information content (AvgIpc) is 3.62. The summed E-state index contributed by atoms with van der Waals surface area (Å²) >= 11 is 0. The van der Waals surface area contributed by atoms with Gasteiger partial charge < -0.3 is 9.32 Å². The molecule has 1 aromatic heterocycles. The molecule has 2 fully saturated rings. The van der Waals surface area contributed by atoms with Gasteiger partial charge in [-0.25, -0.2) is 44.4 Å². The van der Waals surface area contributed by atoms with E-state index < -0.39 is 36.7 Å². The van der Waals surface area contributed by atoms with E-state index >= 15 is 0 Å².